The summed E-state index contributed by atoms with van der Waals surface area (Å²) in [4.78, 5) is 14.7. The molecule has 0 saturated heterocycles. The molecular formula is C16H26N4O. The molecule has 0 fully saturated rings. The van der Waals surface area contributed by atoms with Crippen LogP contribution in [0.2, 0.25) is 0 Å². The number of hydrogen-bond donors (Lipinski definition) is 2. The molecular weight excluding hydrogens is 264 g/mol. The molecule has 0 aliphatic heterocycles. The number of imidazole rings is 2. The van der Waals surface area contributed by atoms with Crippen molar-refractivity contribution in [1.29, 1.82) is 0 Å². The first-order chi connectivity index (χ1) is 10.3. The minimum Gasteiger partial charge on any atom is -0.381 e. The van der Waals surface area contributed by atoms with Gasteiger partial charge in [0.1, 0.15) is 0 Å². The fourth-order valence-electron chi connectivity index (χ4n) is 2.67. The Morgan fingerprint density at radius 1 is 0.905 bits per heavy atom. The second kappa shape index (κ2) is 8.62. The van der Waals surface area contributed by atoms with E-state index in [1.165, 1.54) is 0 Å². The Kier molecular flexibility index (Phi) is 6.47. The topological polar surface area (TPSA) is 66.6 Å². The summed E-state index contributed by atoms with van der Waals surface area (Å²) >= 11 is 0. The van der Waals surface area contributed by atoms with E-state index in [4.69, 9.17) is 4.74 Å². The highest BCUT2D eigenvalue weighted by Crippen LogP contribution is 2.22. The second-order valence-electron chi connectivity index (χ2n) is 5.39. The SMILES string of the molecule is CCC(CCOCCC(CC)c1c[nH]cn1)c1c[nH]cn1. The van der Waals surface area contributed by atoms with Crippen molar-refractivity contribution in [2.24, 2.45) is 0 Å². The first-order valence-electron chi connectivity index (χ1n) is 7.90. The van der Waals surface area contributed by atoms with Crippen LogP contribution >= 0.6 is 0 Å². The van der Waals surface area contributed by atoms with Crippen molar-refractivity contribution in [3.05, 3.63) is 36.4 Å². The lowest BCUT2D eigenvalue weighted by atomic mass is 9.99. The number of nitrogens with zero attached hydrogens (tertiary/aromatic N) is 2. The number of aromatic nitrogens is 4. The van der Waals surface area contributed by atoms with Gasteiger partial charge in [-0.1, -0.05) is 13.8 Å². The van der Waals surface area contributed by atoms with Crippen molar-refractivity contribution < 1.29 is 4.74 Å². The molecule has 0 spiro atoms. The highest BCUT2D eigenvalue weighted by atomic mass is 16.5. The van der Waals surface area contributed by atoms with E-state index in [2.05, 4.69) is 33.8 Å². The number of nitrogens with one attached hydrogen (secondary N) is 2. The molecule has 0 saturated carbocycles. The number of hydrogen-bond acceptors (Lipinski definition) is 3. The quantitative estimate of drug-likeness (QED) is 0.657. The van der Waals surface area contributed by atoms with Crippen LogP contribution in [0.25, 0.3) is 0 Å². The van der Waals surface area contributed by atoms with Gasteiger partial charge in [-0.05, 0) is 25.7 Å². The summed E-state index contributed by atoms with van der Waals surface area (Å²) in [7, 11) is 0. The molecule has 0 aliphatic carbocycles. The first kappa shape index (κ1) is 15.8. The van der Waals surface area contributed by atoms with Crippen LogP contribution in [-0.2, 0) is 4.74 Å². The summed E-state index contributed by atoms with van der Waals surface area (Å²) in [6.45, 7) is 5.98. The van der Waals surface area contributed by atoms with Crippen molar-refractivity contribution in [2.45, 2.75) is 51.4 Å². The van der Waals surface area contributed by atoms with Crippen LogP contribution in [0.4, 0.5) is 0 Å². The van der Waals surface area contributed by atoms with Crippen molar-refractivity contribution >= 4 is 0 Å². The van der Waals surface area contributed by atoms with Crippen molar-refractivity contribution in [2.75, 3.05) is 13.2 Å². The normalized spacial score (nSPS) is 14.2. The van der Waals surface area contributed by atoms with Crippen LogP contribution in [0.1, 0.15) is 62.8 Å². The Labute approximate surface area is 126 Å². The molecule has 2 rings (SSSR count). The fraction of sp³-hybridized carbons (Fsp3) is 0.625. The van der Waals surface area contributed by atoms with Crippen molar-refractivity contribution in [3.63, 3.8) is 0 Å². The molecule has 2 N–H and O–H groups in total. The Balaban J connectivity index is 1.65. The molecule has 2 atom stereocenters. The Bertz CT molecular complexity index is 422. The van der Waals surface area contributed by atoms with Crippen LogP contribution in [-0.4, -0.2) is 33.1 Å². The van der Waals surface area contributed by atoms with E-state index in [0.717, 1.165) is 50.3 Å². The molecule has 21 heavy (non-hydrogen) atoms. The van der Waals surface area contributed by atoms with E-state index < -0.39 is 0 Å². The van der Waals surface area contributed by atoms with Crippen LogP contribution in [0.3, 0.4) is 0 Å². The van der Waals surface area contributed by atoms with Crippen LogP contribution in [0.5, 0.6) is 0 Å². The minimum absolute atomic E-state index is 0.490. The van der Waals surface area contributed by atoms with Gasteiger partial charge in [-0.25, -0.2) is 9.97 Å². The van der Waals surface area contributed by atoms with Gasteiger partial charge in [0, 0.05) is 37.4 Å². The summed E-state index contributed by atoms with van der Waals surface area (Å²) < 4.78 is 5.82. The smallest absolute Gasteiger partial charge is 0.0923 e. The number of rotatable bonds is 10. The minimum atomic E-state index is 0.490. The van der Waals surface area contributed by atoms with E-state index in [9.17, 15) is 0 Å². The molecule has 2 unspecified atom stereocenters. The van der Waals surface area contributed by atoms with Gasteiger partial charge in [0.25, 0.3) is 0 Å². The molecule has 2 aromatic heterocycles. The Morgan fingerprint density at radius 2 is 1.38 bits per heavy atom. The zero-order valence-electron chi connectivity index (χ0n) is 13.0. The molecule has 0 aliphatic rings. The molecule has 5 nitrogen and oxygen atoms in total. The molecule has 0 amide bonds. The molecule has 2 aromatic rings. The molecule has 2 heterocycles. The zero-order valence-corrected chi connectivity index (χ0v) is 13.0. The van der Waals surface area contributed by atoms with Crippen molar-refractivity contribution in [3.8, 4) is 0 Å². The average Bonchev–Trinajstić information content (AvgIpc) is 3.20. The van der Waals surface area contributed by atoms with Crippen molar-refractivity contribution in [1.82, 2.24) is 19.9 Å². The van der Waals surface area contributed by atoms with Gasteiger partial charge in [0.2, 0.25) is 0 Å². The maximum atomic E-state index is 5.82. The molecule has 5 heteroatoms. The van der Waals surface area contributed by atoms with E-state index in [-0.39, 0.29) is 0 Å². The van der Waals surface area contributed by atoms with E-state index in [1.54, 1.807) is 12.7 Å². The fourth-order valence-corrected chi connectivity index (χ4v) is 2.67. The standard InChI is InChI=1S/C16H26N4O/c1-3-13(15-9-17-11-19-15)5-7-21-8-6-14(4-2)16-10-18-12-20-16/h9-14H,3-8H2,1-2H3,(H,17,19)(H,18,20). The van der Waals surface area contributed by atoms with Crippen LogP contribution in [0.15, 0.2) is 25.0 Å². The van der Waals surface area contributed by atoms with Gasteiger partial charge in [0.15, 0.2) is 0 Å². The predicted molar refractivity (Wildman–Crippen MR) is 83.3 cm³/mol. The Morgan fingerprint density at radius 3 is 1.71 bits per heavy atom. The maximum absolute atomic E-state index is 5.82. The Hall–Kier alpha value is -1.62. The largest absolute Gasteiger partial charge is 0.381 e. The summed E-state index contributed by atoms with van der Waals surface area (Å²) in [6.07, 6.45) is 11.7. The average molecular weight is 290 g/mol. The highest BCUT2D eigenvalue weighted by Gasteiger charge is 2.13. The number of ether oxygens (including phenoxy) is 1. The van der Waals surface area contributed by atoms with Gasteiger partial charge in [0.05, 0.1) is 24.0 Å². The van der Waals surface area contributed by atoms with Crippen LogP contribution in [0, 0.1) is 0 Å². The third-order valence-electron chi connectivity index (χ3n) is 4.08. The second-order valence-corrected chi connectivity index (χ2v) is 5.39. The summed E-state index contributed by atoms with van der Waals surface area (Å²) in [6, 6.07) is 0. The zero-order chi connectivity index (χ0) is 14.9. The van der Waals surface area contributed by atoms with Gasteiger partial charge < -0.3 is 14.7 Å². The van der Waals surface area contributed by atoms with Gasteiger partial charge in [-0.2, -0.15) is 0 Å². The molecule has 0 bridgehead atoms. The third-order valence-corrected chi connectivity index (χ3v) is 4.08. The van der Waals surface area contributed by atoms with E-state index in [0.29, 0.717) is 11.8 Å². The lowest BCUT2D eigenvalue weighted by molar-refractivity contribution is 0.118. The van der Waals surface area contributed by atoms with Crippen LogP contribution < -0.4 is 0 Å². The first-order valence-corrected chi connectivity index (χ1v) is 7.90. The summed E-state index contributed by atoms with van der Waals surface area (Å²) in [5.74, 6) is 0.981. The summed E-state index contributed by atoms with van der Waals surface area (Å²) in [5, 5.41) is 0. The maximum Gasteiger partial charge on any atom is 0.0923 e. The molecule has 116 valence electrons. The number of H-pyrrole nitrogens is 2. The highest BCUT2D eigenvalue weighted by molar-refractivity contribution is 5.03. The lowest BCUT2D eigenvalue weighted by Gasteiger charge is -2.14. The third kappa shape index (κ3) is 4.70. The number of aromatic amines is 2. The van der Waals surface area contributed by atoms with E-state index >= 15 is 0 Å². The van der Waals surface area contributed by atoms with Gasteiger partial charge in [-0.15, -0.1) is 0 Å². The predicted octanol–water partition coefficient (Wildman–Crippen LogP) is 3.62. The molecule has 0 aromatic carbocycles. The lowest BCUT2D eigenvalue weighted by Crippen LogP contribution is -2.07. The molecule has 0 radical (unpaired) electrons. The van der Waals surface area contributed by atoms with Gasteiger partial charge in [-0.3, -0.25) is 0 Å². The van der Waals surface area contributed by atoms with Gasteiger partial charge >= 0.3 is 0 Å². The monoisotopic (exact) mass is 290 g/mol. The summed E-state index contributed by atoms with van der Waals surface area (Å²) in [5.41, 5.74) is 2.29. The van der Waals surface area contributed by atoms with E-state index in [1.807, 2.05) is 12.4 Å².